The molecular formula is C23H23Cl2NO2. The third-order valence-corrected chi connectivity index (χ3v) is 4.83. The standard InChI is InChI=1S/C23H23Cl2NO2/c1-3-27-22-13-18(14-26-21-7-5-4-6-16(21)2)12-20(25)23(22)28-15-17-8-10-19(24)11-9-17/h4-13,26H,3,14-15H2,1-2H3. The minimum Gasteiger partial charge on any atom is -0.490 e. The molecule has 0 aliphatic heterocycles. The minimum atomic E-state index is 0.387. The molecule has 0 aliphatic rings. The van der Waals surface area contributed by atoms with E-state index in [1.165, 1.54) is 5.56 Å². The molecule has 0 radical (unpaired) electrons. The Bertz CT molecular complexity index is 926. The van der Waals surface area contributed by atoms with E-state index in [4.69, 9.17) is 32.7 Å². The molecule has 0 spiro atoms. The van der Waals surface area contributed by atoms with Gasteiger partial charge in [-0.1, -0.05) is 53.5 Å². The van der Waals surface area contributed by atoms with Crippen LogP contribution in [0.4, 0.5) is 5.69 Å². The zero-order valence-electron chi connectivity index (χ0n) is 16.0. The number of rotatable bonds is 8. The van der Waals surface area contributed by atoms with Crippen LogP contribution in [-0.2, 0) is 13.2 Å². The molecule has 3 nitrogen and oxygen atoms in total. The number of anilines is 1. The van der Waals surface area contributed by atoms with Crippen LogP contribution in [0.5, 0.6) is 11.5 Å². The summed E-state index contributed by atoms with van der Waals surface area (Å²) in [6.45, 7) is 5.58. The van der Waals surface area contributed by atoms with Gasteiger partial charge in [0.2, 0.25) is 0 Å². The van der Waals surface area contributed by atoms with E-state index in [9.17, 15) is 0 Å². The summed E-state index contributed by atoms with van der Waals surface area (Å²) in [7, 11) is 0. The number of hydrogen-bond acceptors (Lipinski definition) is 3. The van der Waals surface area contributed by atoms with E-state index >= 15 is 0 Å². The van der Waals surface area contributed by atoms with E-state index in [0.29, 0.717) is 41.3 Å². The first-order valence-electron chi connectivity index (χ1n) is 9.18. The largest absolute Gasteiger partial charge is 0.490 e. The van der Waals surface area contributed by atoms with Crippen molar-refractivity contribution in [3.8, 4) is 11.5 Å². The van der Waals surface area contributed by atoms with E-state index in [2.05, 4.69) is 24.4 Å². The minimum absolute atomic E-state index is 0.387. The Morgan fingerprint density at radius 1 is 0.893 bits per heavy atom. The summed E-state index contributed by atoms with van der Waals surface area (Å²) >= 11 is 12.5. The van der Waals surface area contributed by atoms with Crippen LogP contribution in [0.3, 0.4) is 0 Å². The molecule has 146 valence electrons. The van der Waals surface area contributed by atoms with Gasteiger partial charge in [-0.05, 0) is 60.9 Å². The molecule has 1 N–H and O–H groups in total. The summed E-state index contributed by atoms with van der Waals surface area (Å²) in [5.41, 5.74) is 4.32. The lowest BCUT2D eigenvalue weighted by Gasteiger charge is -2.16. The fourth-order valence-corrected chi connectivity index (χ4v) is 3.24. The van der Waals surface area contributed by atoms with E-state index in [0.717, 1.165) is 16.8 Å². The number of halogens is 2. The smallest absolute Gasteiger partial charge is 0.180 e. The predicted molar refractivity (Wildman–Crippen MR) is 117 cm³/mol. The Hall–Kier alpha value is -2.36. The Morgan fingerprint density at radius 2 is 1.64 bits per heavy atom. The highest BCUT2D eigenvalue weighted by Gasteiger charge is 2.13. The first kappa shape index (κ1) is 20.4. The van der Waals surface area contributed by atoms with Gasteiger partial charge in [0.25, 0.3) is 0 Å². The first-order chi connectivity index (χ1) is 13.6. The average Bonchev–Trinajstić information content (AvgIpc) is 2.68. The molecule has 3 aromatic rings. The molecule has 0 bridgehead atoms. The highest BCUT2D eigenvalue weighted by Crippen LogP contribution is 2.37. The second kappa shape index (κ2) is 9.72. The fourth-order valence-electron chi connectivity index (χ4n) is 2.83. The first-order valence-corrected chi connectivity index (χ1v) is 9.94. The Labute approximate surface area is 176 Å². The van der Waals surface area contributed by atoms with Crippen LogP contribution in [0.15, 0.2) is 60.7 Å². The van der Waals surface area contributed by atoms with Crippen molar-refractivity contribution in [2.24, 2.45) is 0 Å². The highest BCUT2D eigenvalue weighted by atomic mass is 35.5. The number of para-hydroxylation sites is 1. The van der Waals surface area contributed by atoms with Crippen LogP contribution in [0.1, 0.15) is 23.6 Å². The lowest BCUT2D eigenvalue weighted by atomic mass is 10.1. The maximum absolute atomic E-state index is 6.52. The highest BCUT2D eigenvalue weighted by molar-refractivity contribution is 6.32. The molecule has 0 atom stereocenters. The second-order valence-corrected chi connectivity index (χ2v) is 7.27. The molecule has 0 aliphatic carbocycles. The van der Waals surface area contributed by atoms with Crippen LogP contribution >= 0.6 is 23.2 Å². The lowest BCUT2D eigenvalue weighted by molar-refractivity contribution is 0.269. The van der Waals surface area contributed by atoms with Gasteiger partial charge in [-0.25, -0.2) is 0 Å². The van der Waals surface area contributed by atoms with Crippen molar-refractivity contribution in [3.63, 3.8) is 0 Å². The molecular weight excluding hydrogens is 393 g/mol. The number of benzene rings is 3. The molecule has 5 heteroatoms. The zero-order valence-corrected chi connectivity index (χ0v) is 17.5. The molecule has 3 rings (SSSR count). The van der Waals surface area contributed by atoms with Crippen molar-refractivity contribution < 1.29 is 9.47 Å². The quantitative estimate of drug-likeness (QED) is 0.434. The molecule has 0 fully saturated rings. The molecule has 0 saturated carbocycles. The van der Waals surface area contributed by atoms with Gasteiger partial charge in [-0.2, -0.15) is 0 Å². The number of nitrogens with one attached hydrogen (secondary N) is 1. The molecule has 0 saturated heterocycles. The van der Waals surface area contributed by atoms with E-state index in [-0.39, 0.29) is 0 Å². The predicted octanol–water partition coefficient (Wildman–Crippen LogP) is 6.89. The Morgan fingerprint density at radius 3 is 2.36 bits per heavy atom. The molecule has 28 heavy (non-hydrogen) atoms. The van der Waals surface area contributed by atoms with Crippen LogP contribution in [0.25, 0.3) is 0 Å². The van der Waals surface area contributed by atoms with E-state index in [1.807, 2.05) is 55.5 Å². The normalized spacial score (nSPS) is 10.6. The lowest BCUT2D eigenvalue weighted by Crippen LogP contribution is -2.04. The van der Waals surface area contributed by atoms with Gasteiger partial charge < -0.3 is 14.8 Å². The van der Waals surface area contributed by atoms with Gasteiger partial charge in [0.15, 0.2) is 11.5 Å². The third-order valence-electron chi connectivity index (χ3n) is 4.29. The Kier molecular flexibility index (Phi) is 7.07. The molecule has 0 heterocycles. The van der Waals surface area contributed by atoms with Crippen LogP contribution in [0, 0.1) is 6.92 Å². The maximum atomic E-state index is 6.52. The molecule has 0 unspecified atom stereocenters. The van der Waals surface area contributed by atoms with Crippen molar-refractivity contribution in [3.05, 3.63) is 87.4 Å². The van der Waals surface area contributed by atoms with Crippen molar-refractivity contribution in [1.82, 2.24) is 0 Å². The topological polar surface area (TPSA) is 30.5 Å². The van der Waals surface area contributed by atoms with E-state index < -0.39 is 0 Å². The van der Waals surface area contributed by atoms with E-state index in [1.54, 1.807) is 0 Å². The maximum Gasteiger partial charge on any atom is 0.180 e. The van der Waals surface area contributed by atoms with Gasteiger partial charge in [-0.15, -0.1) is 0 Å². The summed E-state index contributed by atoms with van der Waals surface area (Å²) in [5.74, 6) is 1.20. The Balaban J connectivity index is 1.75. The second-order valence-electron chi connectivity index (χ2n) is 6.42. The monoisotopic (exact) mass is 415 g/mol. The van der Waals surface area contributed by atoms with Crippen molar-refractivity contribution in [2.75, 3.05) is 11.9 Å². The summed E-state index contributed by atoms with van der Waals surface area (Å²) in [6.07, 6.45) is 0. The summed E-state index contributed by atoms with van der Waals surface area (Å²) in [6, 6.07) is 19.6. The molecule has 3 aromatic carbocycles. The molecule has 0 aromatic heterocycles. The fraction of sp³-hybridized carbons (Fsp3) is 0.217. The van der Waals surface area contributed by atoms with Crippen LogP contribution < -0.4 is 14.8 Å². The van der Waals surface area contributed by atoms with Gasteiger partial charge >= 0.3 is 0 Å². The number of hydrogen-bond donors (Lipinski definition) is 1. The van der Waals surface area contributed by atoms with Crippen LogP contribution in [-0.4, -0.2) is 6.61 Å². The summed E-state index contributed by atoms with van der Waals surface area (Å²) in [4.78, 5) is 0. The molecule has 0 amide bonds. The van der Waals surface area contributed by atoms with Crippen molar-refractivity contribution >= 4 is 28.9 Å². The average molecular weight is 416 g/mol. The van der Waals surface area contributed by atoms with Gasteiger partial charge in [-0.3, -0.25) is 0 Å². The van der Waals surface area contributed by atoms with Crippen molar-refractivity contribution in [1.29, 1.82) is 0 Å². The number of ether oxygens (including phenoxy) is 2. The van der Waals surface area contributed by atoms with Gasteiger partial charge in [0.05, 0.1) is 11.6 Å². The van der Waals surface area contributed by atoms with Gasteiger partial charge in [0.1, 0.15) is 6.61 Å². The van der Waals surface area contributed by atoms with Crippen molar-refractivity contribution in [2.45, 2.75) is 27.0 Å². The SMILES string of the molecule is CCOc1cc(CNc2ccccc2C)cc(Cl)c1OCc1ccc(Cl)cc1. The summed E-state index contributed by atoms with van der Waals surface area (Å²) in [5, 5.41) is 4.67. The zero-order chi connectivity index (χ0) is 19.9. The summed E-state index contributed by atoms with van der Waals surface area (Å²) < 4.78 is 11.7. The van der Waals surface area contributed by atoms with Crippen LogP contribution in [0.2, 0.25) is 10.0 Å². The third kappa shape index (κ3) is 5.34. The number of aryl methyl sites for hydroxylation is 1. The van der Waals surface area contributed by atoms with Gasteiger partial charge in [0, 0.05) is 17.3 Å².